The summed E-state index contributed by atoms with van der Waals surface area (Å²) in [6.45, 7) is 7.26. The van der Waals surface area contributed by atoms with Gasteiger partial charge in [0.2, 0.25) is 5.71 Å². The molecule has 2 N–H and O–H groups in total. The molecule has 0 bridgehead atoms. The van der Waals surface area contributed by atoms with E-state index in [9.17, 15) is 0 Å². The molecule has 0 aromatic heterocycles. The number of nitriles is 1. The highest BCUT2D eigenvalue weighted by molar-refractivity contribution is 6.46. The molecule has 0 amide bonds. The highest BCUT2D eigenvalue weighted by Crippen LogP contribution is 2.08. The predicted molar refractivity (Wildman–Crippen MR) is 78.5 cm³/mol. The SMILES string of the molecule is CCN(CC)C(=N)/C(C#N)=N/Nc1ccc(C)cc1. The lowest BCUT2D eigenvalue weighted by Gasteiger charge is -2.19. The largest absolute Gasteiger partial charge is 0.355 e. The molecule has 1 rings (SSSR count). The molecular weight excluding hydrogens is 238 g/mol. The number of hydrogen-bond donors (Lipinski definition) is 2. The molecule has 0 saturated heterocycles. The summed E-state index contributed by atoms with van der Waals surface area (Å²) >= 11 is 0. The molecule has 0 aliphatic heterocycles. The second kappa shape index (κ2) is 7.17. The summed E-state index contributed by atoms with van der Waals surface area (Å²) in [6, 6.07) is 9.64. The number of nitrogens with zero attached hydrogens (tertiary/aromatic N) is 3. The predicted octanol–water partition coefficient (Wildman–Crippen LogP) is 2.61. The third-order valence-corrected chi connectivity index (χ3v) is 2.76. The maximum Gasteiger partial charge on any atom is 0.202 e. The van der Waals surface area contributed by atoms with Crippen molar-refractivity contribution in [3.05, 3.63) is 29.8 Å². The molecule has 0 aliphatic carbocycles. The van der Waals surface area contributed by atoms with Crippen molar-refractivity contribution < 1.29 is 0 Å². The van der Waals surface area contributed by atoms with Crippen molar-refractivity contribution in [2.24, 2.45) is 5.10 Å². The van der Waals surface area contributed by atoms with Crippen molar-refractivity contribution in [2.45, 2.75) is 20.8 Å². The minimum absolute atomic E-state index is 0.0873. The quantitative estimate of drug-likeness (QED) is 0.483. The summed E-state index contributed by atoms with van der Waals surface area (Å²) in [4.78, 5) is 1.78. The molecule has 19 heavy (non-hydrogen) atoms. The molecule has 0 fully saturated rings. The van der Waals surface area contributed by atoms with Gasteiger partial charge in [0.15, 0.2) is 5.84 Å². The monoisotopic (exact) mass is 257 g/mol. The Kier molecular flexibility index (Phi) is 5.55. The van der Waals surface area contributed by atoms with E-state index in [1.165, 1.54) is 0 Å². The number of anilines is 1. The van der Waals surface area contributed by atoms with Crippen LogP contribution < -0.4 is 5.43 Å². The van der Waals surface area contributed by atoms with Gasteiger partial charge in [-0.05, 0) is 32.9 Å². The molecule has 0 heterocycles. The van der Waals surface area contributed by atoms with Gasteiger partial charge in [-0.15, -0.1) is 0 Å². The van der Waals surface area contributed by atoms with Crippen molar-refractivity contribution in [3.8, 4) is 6.07 Å². The van der Waals surface area contributed by atoms with Crippen LogP contribution in [0.2, 0.25) is 0 Å². The van der Waals surface area contributed by atoms with Gasteiger partial charge in [0.1, 0.15) is 6.07 Å². The molecule has 5 nitrogen and oxygen atoms in total. The summed E-state index contributed by atoms with van der Waals surface area (Å²) in [6.07, 6.45) is 0. The van der Waals surface area contributed by atoms with Crippen LogP contribution in [0.5, 0.6) is 0 Å². The Bertz CT molecular complexity index is 492. The van der Waals surface area contributed by atoms with E-state index in [2.05, 4.69) is 10.5 Å². The Morgan fingerprint density at radius 3 is 2.37 bits per heavy atom. The average molecular weight is 257 g/mol. The highest BCUT2D eigenvalue weighted by Gasteiger charge is 2.12. The zero-order chi connectivity index (χ0) is 14.3. The van der Waals surface area contributed by atoms with Crippen LogP contribution >= 0.6 is 0 Å². The van der Waals surface area contributed by atoms with Crippen LogP contribution in [0.3, 0.4) is 0 Å². The smallest absolute Gasteiger partial charge is 0.202 e. The fourth-order valence-electron chi connectivity index (χ4n) is 1.57. The topological polar surface area (TPSA) is 75.3 Å². The van der Waals surface area contributed by atoms with Crippen LogP contribution in [0.15, 0.2) is 29.4 Å². The molecule has 0 saturated carbocycles. The van der Waals surface area contributed by atoms with Crippen molar-refractivity contribution >= 4 is 17.2 Å². The summed E-state index contributed by atoms with van der Waals surface area (Å²) < 4.78 is 0. The Balaban J connectivity index is 2.80. The van der Waals surface area contributed by atoms with Gasteiger partial charge < -0.3 is 4.90 Å². The van der Waals surface area contributed by atoms with Gasteiger partial charge in [-0.2, -0.15) is 10.4 Å². The second-order valence-corrected chi connectivity index (χ2v) is 4.07. The minimum atomic E-state index is 0.0873. The first kappa shape index (κ1) is 14.7. The Morgan fingerprint density at radius 1 is 1.32 bits per heavy atom. The first-order valence-electron chi connectivity index (χ1n) is 6.26. The summed E-state index contributed by atoms with van der Waals surface area (Å²) in [5.41, 5.74) is 4.85. The second-order valence-electron chi connectivity index (χ2n) is 4.07. The number of hydrogen-bond acceptors (Lipinski definition) is 4. The molecule has 0 unspecified atom stereocenters. The highest BCUT2D eigenvalue weighted by atomic mass is 15.3. The van der Waals surface area contributed by atoms with Crippen molar-refractivity contribution in [3.63, 3.8) is 0 Å². The van der Waals surface area contributed by atoms with E-state index in [0.717, 1.165) is 11.3 Å². The molecule has 100 valence electrons. The number of benzene rings is 1. The van der Waals surface area contributed by atoms with E-state index in [0.29, 0.717) is 13.1 Å². The maximum absolute atomic E-state index is 9.07. The molecular formula is C14H19N5. The summed E-state index contributed by atoms with van der Waals surface area (Å²) in [7, 11) is 0. The van der Waals surface area contributed by atoms with Crippen LogP contribution in [0.4, 0.5) is 5.69 Å². The first-order valence-corrected chi connectivity index (χ1v) is 6.26. The third kappa shape index (κ3) is 4.11. The lowest BCUT2D eigenvalue weighted by molar-refractivity contribution is 0.468. The Morgan fingerprint density at radius 2 is 1.89 bits per heavy atom. The van der Waals surface area contributed by atoms with Gasteiger partial charge in [-0.25, -0.2) is 0 Å². The molecule has 1 aromatic rings. The van der Waals surface area contributed by atoms with E-state index >= 15 is 0 Å². The van der Waals surface area contributed by atoms with Gasteiger partial charge in [0.25, 0.3) is 0 Å². The normalized spacial score (nSPS) is 10.7. The van der Waals surface area contributed by atoms with Gasteiger partial charge >= 0.3 is 0 Å². The van der Waals surface area contributed by atoms with E-state index < -0.39 is 0 Å². The number of amidine groups is 1. The third-order valence-electron chi connectivity index (χ3n) is 2.76. The van der Waals surface area contributed by atoms with Crippen LogP contribution in [0, 0.1) is 23.7 Å². The lowest BCUT2D eigenvalue weighted by atomic mass is 10.2. The summed E-state index contributed by atoms with van der Waals surface area (Å²) in [5, 5.41) is 21.0. The molecule has 0 atom stereocenters. The van der Waals surface area contributed by atoms with Crippen molar-refractivity contribution in [1.82, 2.24) is 4.90 Å². The number of aryl methyl sites for hydroxylation is 1. The first-order chi connectivity index (χ1) is 9.12. The van der Waals surface area contributed by atoms with E-state index in [1.54, 1.807) is 4.90 Å². The van der Waals surface area contributed by atoms with Gasteiger partial charge in [-0.3, -0.25) is 10.8 Å². The van der Waals surface area contributed by atoms with Crippen molar-refractivity contribution in [2.75, 3.05) is 18.5 Å². The summed E-state index contributed by atoms with van der Waals surface area (Å²) in [5.74, 6) is 0.145. The Hall–Kier alpha value is -2.35. The van der Waals surface area contributed by atoms with E-state index in [-0.39, 0.29) is 11.5 Å². The van der Waals surface area contributed by atoms with Crippen LogP contribution in [-0.2, 0) is 0 Å². The minimum Gasteiger partial charge on any atom is -0.355 e. The van der Waals surface area contributed by atoms with Crippen LogP contribution in [-0.4, -0.2) is 29.5 Å². The Labute approximate surface area is 114 Å². The average Bonchev–Trinajstić information content (AvgIpc) is 2.43. The van der Waals surface area contributed by atoms with Crippen molar-refractivity contribution in [1.29, 1.82) is 10.7 Å². The fourth-order valence-corrected chi connectivity index (χ4v) is 1.57. The molecule has 1 aromatic carbocycles. The zero-order valence-electron chi connectivity index (χ0n) is 11.6. The van der Waals surface area contributed by atoms with E-state index in [1.807, 2.05) is 51.1 Å². The van der Waals surface area contributed by atoms with Gasteiger partial charge in [0, 0.05) is 13.1 Å². The van der Waals surface area contributed by atoms with Gasteiger partial charge in [-0.1, -0.05) is 17.7 Å². The molecule has 5 heteroatoms. The van der Waals surface area contributed by atoms with E-state index in [4.69, 9.17) is 10.7 Å². The van der Waals surface area contributed by atoms with Crippen LogP contribution in [0.1, 0.15) is 19.4 Å². The number of rotatable bonds is 5. The standard InChI is InChI=1S/C14H19N5/c1-4-19(5-2)14(16)13(10-15)18-17-12-8-6-11(3)7-9-12/h6-9,16-17H,4-5H2,1-3H3/b16-14?,18-13+. The number of nitrogens with one attached hydrogen (secondary N) is 2. The lowest BCUT2D eigenvalue weighted by Crippen LogP contribution is -2.35. The maximum atomic E-state index is 9.07. The molecule has 0 aliphatic rings. The fraction of sp³-hybridized carbons (Fsp3) is 0.357. The molecule has 0 radical (unpaired) electrons. The zero-order valence-corrected chi connectivity index (χ0v) is 11.6. The molecule has 0 spiro atoms. The van der Waals surface area contributed by atoms with Gasteiger partial charge in [0.05, 0.1) is 5.69 Å². The van der Waals surface area contributed by atoms with Crippen LogP contribution in [0.25, 0.3) is 0 Å². The number of hydrazone groups is 1.